The van der Waals surface area contributed by atoms with Gasteiger partial charge in [-0.25, -0.2) is 4.99 Å². The van der Waals surface area contributed by atoms with Crippen molar-refractivity contribution >= 4 is 40.5 Å². The minimum Gasteiger partial charge on any atom is -0.497 e. The summed E-state index contributed by atoms with van der Waals surface area (Å²) in [5.74, 6) is 0.736. The van der Waals surface area contributed by atoms with E-state index >= 15 is 0 Å². The highest BCUT2D eigenvalue weighted by atomic mass is 32.2. The van der Waals surface area contributed by atoms with Crippen LogP contribution in [0.15, 0.2) is 59.2 Å². The third-order valence-corrected chi connectivity index (χ3v) is 6.10. The molecule has 1 unspecified atom stereocenters. The molecule has 1 atom stereocenters. The predicted octanol–water partition coefficient (Wildman–Crippen LogP) is 4.82. The summed E-state index contributed by atoms with van der Waals surface area (Å²) in [4.78, 5) is 31.8. The third-order valence-electron chi connectivity index (χ3n) is 5.05. The Hall–Kier alpha value is -3.06. The number of nitrogens with one attached hydrogen (secondary N) is 1. The van der Waals surface area contributed by atoms with Crippen LogP contribution in [0.25, 0.3) is 6.08 Å². The minimum atomic E-state index is -0.403. The number of carbonyl (C=O) groups excluding carboxylic acids is 2. The van der Waals surface area contributed by atoms with Gasteiger partial charge in [0.05, 0.1) is 18.0 Å². The second-order valence-corrected chi connectivity index (χ2v) is 9.05. The Balaban J connectivity index is 1.97. The SMILES string of the molecule is CCNC(=O)C(C)SC1=N/C(=C\c2ccc(C(C)C)cc2)C(=O)N1c1cccc(OC)c1. The maximum Gasteiger partial charge on any atom is 0.283 e. The number of amides is 2. The van der Waals surface area contributed by atoms with Crippen molar-refractivity contribution in [1.29, 1.82) is 0 Å². The fraction of sp³-hybridized carbons (Fsp3) is 0.320. The lowest BCUT2D eigenvalue weighted by molar-refractivity contribution is -0.120. The van der Waals surface area contributed by atoms with E-state index in [0.717, 1.165) is 5.56 Å². The number of rotatable bonds is 7. The first-order valence-corrected chi connectivity index (χ1v) is 11.5. The zero-order valence-corrected chi connectivity index (χ0v) is 19.9. The Labute approximate surface area is 193 Å². The molecule has 0 fully saturated rings. The van der Waals surface area contributed by atoms with E-state index in [0.29, 0.717) is 34.8 Å². The van der Waals surface area contributed by atoms with Crippen LogP contribution in [-0.4, -0.2) is 35.9 Å². The molecule has 0 saturated carbocycles. The molecule has 1 N–H and O–H groups in total. The second-order valence-electron chi connectivity index (χ2n) is 7.74. The second kappa shape index (κ2) is 10.5. The molecule has 0 saturated heterocycles. The number of methoxy groups -OCH3 is 1. The van der Waals surface area contributed by atoms with Crippen LogP contribution in [0.5, 0.6) is 5.75 Å². The van der Waals surface area contributed by atoms with Gasteiger partial charge in [-0.05, 0) is 49.1 Å². The van der Waals surface area contributed by atoms with Gasteiger partial charge in [0.1, 0.15) is 11.4 Å². The number of hydrogen-bond acceptors (Lipinski definition) is 5. The fourth-order valence-electron chi connectivity index (χ4n) is 3.22. The van der Waals surface area contributed by atoms with Gasteiger partial charge in [0, 0.05) is 12.6 Å². The van der Waals surface area contributed by atoms with Crippen LogP contribution in [0.3, 0.4) is 0 Å². The van der Waals surface area contributed by atoms with Crippen molar-refractivity contribution in [3.63, 3.8) is 0 Å². The van der Waals surface area contributed by atoms with Gasteiger partial charge < -0.3 is 10.1 Å². The quantitative estimate of drug-likeness (QED) is 0.613. The molecule has 2 aromatic rings. The summed E-state index contributed by atoms with van der Waals surface area (Å²) in [7, 11) is 1.58. The number of hydrogen-bond donors (Lipinski definition) is 1. The third kappa shape index (κ3) is 5.40. The zero-order valence-electron chi connectivity index (χ0n) is 19.1. The summed E-state index contributed by atoms with van der Waals surface area (Å²) >= 11 is 1.26. The summed E-state index contributed by atoms with van der Waals surface area (Å²) in [6.45, 7) is 8.51. The van der Waals surface area contributed by atoms with Gasteiger partial charge in [-0.15, -0.1) is 0 Å². The van der Waals surface area contributed by atoms with Gasteiger partial charge in [0.25, 0.3) is 5.91 Å². The summed E-state index contributed by atoms with van der Waals surface area (Å²) in [5, 5.41) is 2.88. The molecule has 3 rings (SSSR count). The molecule has 1 aliphatic heterocycles. The Bertz CT molecular complexity index is 1040. The van der Waals surface area contributed by atoms with Gasteiger partial charge in [-0.2, -0.15) is 0 Å². The van der Waals surface area contributed by atoms with Gasteiger partial charge in [-0.1, -0.05) is 55.9 Å². The standard InChI is InChI=1S/C25H29N3O3S/c1-6-26-23(29)17(4)32-25-27-22(14-18-10-12-19(13-11-18)16(2)3)24(30)28(25)20-8-7-9-21(15-20)31-5/h7-17H,6H2,1-5H3,(H,26,29)/b22-14-. The summed E-state index contributed by atoms with van der Waals surface area (Å²) in [6, 6.07) is 15.4. The van der Waals surface area contributed by atoms with E-state index in [4.69, 9.17) is 4.74 Å². The van der Waals surface area contributed by atoms with Crippen LogP contribution in [0, 0.1) is 0 Å². The topological polar surface area (TPSA) is 71.0 Å². The van der Waals surface area contributed by atoms with Crippen molar-refractivity contribution in [3.8, 4) is 5.75 Å². The van der Waals surface area contributed by atoms with Crippen molar-refractivity contribution in [2.45, 2.75) is 38.9 Å². The summed E-state index contributed by atoms with van der Waals surface area (Å²) in [5.41, 5.74) is 3.10. The lowest BCUT2D eigenvalue weighted by Crippen LogP contribution is -2.35. The van der Waals surface area contributed by atoms with Crippen LogP contribution in [-0.2, 0) is 9.59 Å². The number of ether oxygens (including phenoxy) is 1. The van der Waals surface area contributed by atoms with Crippen LogP contribution in [0.4, 0.5) is 5.69 Å². The molecule has 7 heteroatoms. The van der Waals surface area contributed by atoms with Gasteiger partial charge >= 0.3 is 0 Å². The lowest BCUT2D eigenvalue weighted by Gasteiger charge is -2.20. The van der Waals surface area contributed by atoms with Crippen LogP contribution < -0.4 is 15.0 Å². The predicted molar refractivity (Wildman–Crippen MR) is 132 cm³/mol. The molecule has 1 aliphatic rings. The molecule has 0 aromatic heterocycles. The van der Waals surface area contributed by atoms with Crippen molar-refractivity contribution in [2.24, 2.45) is 4.99 Å². The van der Waals surface area contributed by atoms with E-state index < -0.39 is 5.25 Å². The molecular weight excluding hydrogens is 422 g/mol. The van der Waals surface area contributed by atoms with E-state index in [9.17, 15) is 9.59 Å². The van der Waals surface area contributed by atoms with E-state index in [-0.39, 0.29) is 11.8 Å². The lowest BCUT2D eigenvalue weighted by atomic mass is 10.0. The van der Waals surface area contributed by atoms with Crippen molar-refractivity contribution in [3.05, 3.63) is 65.4 Å². The average molecular weight is 452 g/mol. The number of nitrogens with zero attached hydrogens (tertiary/aromatic N) is 2. The molecule has 2 amide bonds. The first-order chi connectivity index (χ1) is 15.3. The normalized spacial score (nSPS) is 15.8. The number of carbonyl (C=O) groups is 2. The average Bonchev–Trinajstić information content (AvgIpc) is 3.08. The Morgan fingerprint density at radius 1 is 1.19 bits per heavy atom. The maximum absolute atomic E-state index is 13.4. The number of anilines is 1. The van der Waals surface area contributed by atoms with Crippen molar-refractivity contribution in [1.82, 2.24) is 5.32 Å². The highest BCUT2D eigenvalue weighted by molar-refractivity contribution is 8.15. The van der Waals surface area contributed by atoms with Gasteiger partial charge in [-0.3, -0.25) is 14.5 Å². The largest absolute Gasteiger partial charge is 0.497 e. The zero-order chi connectivity index (χ0) is 23.3. The molecule has 1 heterocycles. The van der Waals surface area contributed by atoms with Crippen LogP contribution in [0.1, 0.15) is 44.7 Å². The molecule has 0 aliphatic carbocycles. The Morgan fingerprint density at radius 3 is 2.53 bits per heavy atom. The molecule has 2 aromatic carbocycles. The number of aliphatic imine (C=N–C) groups is 1. The number of amidine groups is 1. The van der Waals surface area contributed by atoms with Gasteiger partial charge in [0.2, 0.25) is 5.91 Å². The first kappa shape index (κ1) is 23.6. The minimum absolute atomic E-state index is 0.0973. The highest BCUT2D eigenvalue weighted by Crippen LogP contribution is 2.33. The molecule has 32 heavy (non-hydrogen) atoms. The van der Waals surface area contributed by atoms with Crippen molar-refractivity contribution in [2.75, 3.05) is 18.6 Å². The van der Waals surface area contributed by atoms with E-state index in [1.807, 2.05) is 37.3 Å². The summed E-state index contributed by atoms with van der Waals surface area (Å²) < 4.78 is 5.33. The highest BCUT2D eigenvalue weighted by Gasteiger charge is 2.34. The Morgan fingerprint density at radius 2 is 1.91 bits per heavy atom. The van der Waals surface area contributed by atoms with Crippen LogP contribution >= 0.6 is 11.8 Å². The molecule has 0 bridgehead atoms. The van der Waals surface area contributed by atoms with Gasteiger partial charge in [0.15, 0.2) is 5.17 Å². The van der Waals surface area contributed by atoms with E-state index in [1.165, 1.54) is 22.2 Å². The van der Waals surface area contributed by atoms with E-state index in [1.54, 1.807) is 26.2 Å². The van der Waals surface area contributed by atoms with Crippen molar-refractivity contribution < 1.29 is 14.3 Å². The summed E-state index contributed by atoms with van der Waals surface area (Å²) in [6.07, 6.45) is 1.78. The smallest absolute Gasteiger partial charge is 0.283 e. The molecule has 0 radical (unpaired) electrons. The fourth-order valence-corrected chi connectivity index (χ4v) is 4.17. The Kier molecular flexibility index (Phi) is 7.75. The monoisotopic (exact) mass is 451 g/mol. The number of benzene rings is 2. The molecule has 6 nitrogen and oxygen atoms in total. The molecule has 0 spiro atoms. The number of thioether (sulfide) groups is 1. The first-order valence-electron chi connectivity index (χ1n) is 10.7. The van der Waals surface area contributed by atoms with E-state index in [2.05, 4.69) is 36.3 Å². The molecular formula is C25H29N3O3S. The molecule has 168 valence electrons. The van der Waals surface area contributed by atoms with Crippen LogP contribution in [0.2, 0.25) is 0 Å². The maximum atomic E-state index is 13.4.